The van der Waals surface area contributed by atoms with Crippen LogP contribution in [-0.2, 0) is 17.9 Å². The Morgan fingerprint density at radius 2 is 2.07 bits per heavy atom. The summed E-state index contributed by atoms with van der Waals surface area (Å²) < 4.78 is 5.36. The van der Waals surface area contributed by atoms with Crippen LogP contribution in [0.15, 0.2) is 42.5 Å². The van der Waals surface area contributed by atoms with Gasteiger partial charge in [0.2, 0.25) is 5.91 Å². The van der Waals surface area contributed by atoms with Gasteiger partial charge >= 0.3 is 0 Å². The molecule has 0 N–H and O–H groups in total. The van der Waals surface area contributed by atoms with E-state index in [1.807, 2.05) is 23.1 Å². The molecule has 27 heavy (non-hydrogen) atoms. The fourth-order valence-electron chi connectivity index (χ4n) is 3.31. The van der Waals surface area contributed by atoms with E-state index in [0.29, 0.717) is 35.8 Å². The summed E-state index contributed by atoms with van der Waals surface area (Å²) in [5.41, 5.74) is 2.41. The van der Waals surface area contributed by atoms with Gasteiger partial charge in [-0.15, -0.1) is 0 Å². The van der Waals surface area contributed by atoms with Crippen molar-refractivity contribution < 1.29 is 14.3 Å². The molecule has 0 unspecified atom stereocenters. The smallest absolute Gasteiger partial charge is 0.253 e. The van der Waals surface area contributed by atoms with Crippen molar-refractivity contribution in [3.05, 3.63) is 64.2 Å². The number of hydrogen-bond donors (Lipinski definition) is 0. The highest BCUT2D eigenvalue weighted by molar-refractivity contribution is 6.30. The first-order chi connectivity index (χ1) is 13.0. The Balaban J connectivity index is 1.72. The molecule has 0 aliphatic carbocycles. The lowest BCUT2D eigenvalue weighted by Gasteiger charge is -2.20. The maximum atomic E-state index is 12.9. The first kappa shape index (κ1) is 19.2. The number of benzene rings is 2. The van der Waals surface area contributed by atoms with Gasteiger partial charge < -0.3 is 14.5 Å². The lowest BCUT2D eigenvalue weighted by atomic mass is 10.1. The van der Waals surface area contributed by atoms with Gasteiger partial charge in [0.1, 0.15) is 5.75 Å². The van der Waals surface area contributed by atoms with Crippen LogP contribution in [-0.4, -0.2) is 42.3 Å². The van der Waals surface area contributed by atoms with Crippen molar-refractivity contribution in [3.8, 4) is 5.75 Å². The van der Waals surface area contributed by atoms with E-state index in [1.165, 1.54) is 0 Å². The highest BCUT2D eigenvalue weighted by Gasteiger charge is 2.21. The summed E-state index contributed by atoms with van der Waals surface area (Å²) in [5.74, 6) is 0.781. The molecule has 0 aromatic heterocycles. The quantitative estimate of drug-likeness (QED) is 0.759. The number of nitrogens with zero attached hydrogens (tertiary/aromatic N) is 2. The predicted octanol–water partition coefficient (Wildman–Crippen LogP) is 3.74. The van der Waals surface area contributed by atoms with Gasteiger partial charge in [-0.3, -0.25) is 9.59 Å². The van der Waals surface area contributed by atoms with Gasteiger partial charge in [-0.2, -0.15) is 0 Å². The van der Waals surface area contributed by atoms with Crippen LogP contribution in [0.4, 0.5) is 0 Å². The van der Waals surface area contributed by atoms with E-state index in [4.69, 9.17) is 16.3 Å². The number of carbonyl (C=O) groups is 2. The molecule has 1 aliphatic rings. The average molecular weight is 387 g/mol. The molecule has 2 amide bonds. The van der Waals surface area contributed by atoms with E-state index < -0.39 is 0 Å². The van der Waals surface area contributed by atoms with Gasteiger partial charge in [-0.05, 0) is 42.3 Å². The predicted molar refractivity (Wildman–Crippen MR) is 105 cm³/mol. The normalized spacial score (nSPS) is 13.7. The molecule has 1 saturated heterocycles. The van der Waals surface area contributed by atoms with Crippen LogP contribution in [0.1, 0.15) is 34.3 Å². The summed E-state index contributed by atoms with van der Waals surface area (Å²) in [7, 11) is 3.34. The van der Waals surface area contributed by atoms with E-state index in [-0.39, 0.29) is 11.8 Å². The number of rotatable bonds is 6. The second kappa shape index (κ2) is 8.44. The first-order valence-corrected chi connectivity index (χ1v) is 9.30. The van der Waals surface area contributed by atoms with Gasteiger partial charge in [0.25, 0.3) is 5.91 Å². The fourth-order valence-corrected chi connectivity index (χ4v) is 3.51. The topological polar surface area (TPSA) is 49.9 Å². The number of methoxy groups -OCH3 is 1. The second-order valence-electron chi connectivity index (χ2n) is 6.74. The highest BCUT2D eigenvalue weighted by Crippen LogP contribution is 2.24. The van der Waals surface area contributed by atoms with Crippen molar-refractivity contribution >= 4 is 23.4 Å². The molecule has 0 saturated carbocycles. The van der Waals surface area contributed by atoms with E-state index >= 15 is 0 Å². The minimum Gasteiger partial charge on any atom is -0.496 e. The number of hydrogen-bond acceptors (Lipinski definition) is 3. The molecule has 3 rings (SSSR count). The summed E-state index contributed by atoms with van der Waals surface area (Å²) in [4.78, 5) is 28.2. The standard InChI is InChI=1S/C21H23ClN2O3/c1-23(14-17-12-18(22)8-9-19(17)27-2)21(26)16-6-3-5-15(11-16)13-24-10-4-7-20(24)25/h3,5-6,8-9,11-12H,4,7,10,13-14H2,1-2H3. The van der Waals surface area contributed by atoms with E-state index in [9.17, 15) is 9.59 Å². The Morgan fingerprint density at radius 3 is 2.78 bits per heavy atom. The van der Waals surface area contributed by atoms with Gasteiger partial charge in [0.15, 0.2) is 0 Å². The Morgan fingerprint density at radius 1 is 1.26 bits per heavy atom. The Hall–Kier alpha value is -2.53. The van der Waals surface area contributed by atoms with E-state index in [2.05, 4.69) is 0 Å². The van der Waals surface area contributed by atoms with Crippen LogP contribution in [0.5, 0.6) is 5.75 Å². The monoisotopic (exact) mass is 386 g/mol. The zero-order valence-electron chi connectivity index (χ0n) is 15.6. The maximum Gasteiger partial charge on any atom is 0.253 e. The molecular formula is C21H23ClN2O3. The van der Waals surface area contributed by atoms with Crippen molar-refractivity contribution in [1.29, 1.82) is 0 Å². The van der Waals surface area contributed by atoms with Crippen LogP contribution in [0.25, 0.3) is 0 Å². The summed E-state index contributed by atoms with van der Waals surface area (Å²) >= 11 is 6.08. The van der Waals surface area contributed by atoms with E-state index in [1.54, 1.807) is 43.3 Å². The molecule has 0 spiro atoms. The zero-order valence-corrected chi connectivity index (χ0v) is 16.3. The van der Waals surface area contributed by atoms with Crippen LogP contribution in [0.3, 0.4) is 0 Å². The summed E-state index contributed by atoms with van der Waals surface area (Å²) in [5, 5.41) is 0.601. The third-order valence-electron chi connectivity index (χ3n) is 4.72. The Labute approximate surface area is 164 Å². The van der Waals surface area contributed by atoms with Gasteiger partial charge in [-0.1, -0.05) is 23.7 Å². The molecule has 0 atom stereocenters. The minimum atomic E-state index is -0.0911. The first-order valence-electron chi connectivity index (χ1n) is 8.92. The molecule has 1 heterocycles. The van der Waals surface area contributed by atoms with Crippen LogP contribution < -0.4 is 4.74 Å². The second-order valence-corrected chi connectivity index (χ2v) is 7.17. The summed E-state index contributed by atoms with van der Waals surface area (Å²) in [6.07, 6.45) is 1.52. The molecule has 1 fully saturated rings. The largest absolute Gasteiger partial charge is 0.496 e. The van der Waals surface area contributed by atoms with Crippen molar-refractivity contribution in [2.75, 3.05) is 20.7 Å². The average Bonchev–Trinajstić information content (AvgIpc) is 3.06. The van der Waals surface area contributed by atoms with Crippen LogP contribution >= 0.6 is 11.6 Å². The number of amides is 2. The van der Waals surface area contributed by atoms with Gasteiger partial charge in [0, 0.05) is 49.3 Å². The highest BCUT2D eigenvalue weighted by atomic mass is 35.5. The molecule has 6 heteroatoms. The molecule has 2 aromatic carbocycles. The third kappa shape index (κ3) is 4.61. The van der Waals surface area contributed by atoms with Gasteiger partial charge in [0.05, 0.1) is 7.11 Å². The maximum absolute atomic E-state index is 12.9. The Bertz CT molecular complexity index is 853. The molecule has 1 aliphatic heterocycles. The van der Waals surface area contributed by atoms with E-state index in [0.717, 1.165) is 24.1 Å². The van der Waals surface area contributed by atoms with Crippen molar-refractivity contribution in [2.45, 2.75) is 25.9 Å². The molecule has 0 bridgehead atoms. The van der Waals surface area contributed by atoms with Crippen molar-refractivity contribution in [2.24, 2.45) is 0 Å². The van der Waals surface area contributed by atoms with Crippen molar-refractivity contribution in [3.63, 3.8) is 0 Å². The van der Waals surface area contributed by atoms with Gasteiger partial charge in [-0.25, -0.2) is 0 Å². The number of halogens is 1. The molecule has 142 valence electrons. The minimum absolute atomic E-state index is 0.0911. The SMILES string of the molecule is COc1ccc(Cl)cc1CN(C)C(=O)c1cccc(CN2CCCC2=O)c1. The number of likely N-dealkylation sites (tertiary alicyclic amines) is 1. The lowest BCUT2D eigenvalue weighted by molar-refractivity contribution is -0.128. The Kier molecular flexibility index (Phi) is 6.01. The summed E-state index contributed by atoms with van der Waals surface area (Å²) in [6.45, 7) is 1.72. The molecule has 5 nitrogen and oxygen atoms in total. The summed E-state index contributed by atoms with van der Waals surface area (Å²) in [6, 6.07) is 12.8. The molecular weight excluding hydrogens is 364 g/mol. The van der Waals surface area contributed by atoms with Crippen LogP contribution in [0.2, 0.25) is 5.02 Å². The number of ether oxygens (including phenoxy) is 1. The lowest BCUT2D eigenvalue weighted by Crippen LogP contribution is -2.27. The fraction of sp³-hybridized carbons (Fsp3) is 0.333. The van der Waals surface area contributed by atoms with Crippen LogP contribution in [0, 0.1) is 0 Å². The third-order valence-corrected chi connectivity index (χ3v) is 4.95. The molecule has 2 aromatic rings. The zero-order chi connectivity index (χ0) is 19.4. The number of carbonyl (C=O) groups excluding carboxylic acids is 2. The molecule has 0 radical (unpaired) electrons. The van der Waals surface area contributed by atoms with Crippen molar-refractivity contribution in [1.82, 2.24) is 9.80 Å².